The van der Waals surface area contributed by atoms with Crippen LogP contribution in [-0.4, -0.2) is 56.7 Å². The fourth-order valence-corrected chi connectivity index (χ4v) is 5.95. The zero-order chi connectivity index (χ0) is 73.6. The van der Waals surface area contributed by atoms with Crippen molar-refractivity contribution in [1.82, 2.24) is 10.6 Å². The average Bonchev–Trinajstić information content (AvgIpc) is 2.34. The first-order chi connectivity index (χ1) is 41.6. The van der Waals surface area contributed by atoms with E-state index in [1.54, 1.807) is 14.2 Å². The van der Waals surface area contributed by atoms with Crippen LogP contribution in [0.2, 0.25) is 0 Å². The summed E-state index contributed by atoms with van der Waals surface area (Å²) in [5.74, 6) is 0. The third-order valence-electron chi connectivity index (χ3n) is 14.8. The third kappa shape index (κ3) is 83.6. The van der Waals surface area contributed by atoms with Gasteiger partial charge in [0.15, 0.2) is 0 Å². The average molecular weight is 1350 g/mol. The van der Waals surface area contributed by atoms with Gasteiger partial charge in [-0.1, -0.05) is 364 Å². The predicted octanol–water partition coefficient (Wildman–Crippen LogP) is 31.1. The summed E-state index contributed by atoms with van der Waals surface area (Å²) in [4.78, 5) is 0. The van der Waals surface area contributed by atoms with E-state index in [-0.39, 0.29) is 51.2 Å². The summed E-state index contributed by atoms with van der Waals surface area (Å²) in [5.41, 5.74) is 6.64. The van der Waals surface area contributed by atoms with Crippen LogP contribution < -0.4 is 10.6 Å². The van der Waals surface area contributed by atoms with Crippen molar-refractivity contribution in [3.8, 4) is 0 Å². The van der Waals surface area contributed by atoms with Crippen LogP contribution in [0.4, 0.5) is 0 Å². The van der Waals surface area contributed by atoms with Gasteiger partial charge in [-0.3, -0.25) is 0 Å². The van der Waals surface area contributed by atoms with Crippen LogP contribution in [0.5, 0.6) is 0 Å². The first-order valence-corrected chi connectivity index (χ1v) is 37.9. The molecule has 4 rings (SSSR count). The van der Waals surface area contributed by atoms with Gasteiger partial charge >= 0.3 is 0 Å². The number of hydrogen-bond acceptors (Lipinski definition) is 6. The van der Waals surface area contributed by atoms with Crippen molar-refractivity contribution in [3.05, 3.63) is 144 Å². The van der Waals surface area contributed by atoms with Gasteiger partial charge < -0.3 is 20.1 Å². The van der Waals surface area contributed by atoms with E-state index in [9.17, 15) is 0 Å². The Morgan fingerprint density at radius 3 is 0.796 bits per heavy atom. The van der Waals surface area contributed by atoms with Gasteiger partial charge in [-0.05, 0) is 155 Å². The van der Waals surface area contributed by atoms with Crippen LogP contribution in [0, 0.1) is 5.41 Å². The Kier molecular flexibility index (Phi) is 120. The van der Waals surface area contributed by atoms with Crippen molar-refractivity contribution in [2.75, 3.05) is 40.8 Å². The zero-order valence-electron chi connectivity index (χ0n) is 69.1. The van der Waals surface area contributed by atoms with Gasteiger partial charge in [0.2, 0.25) is 0 Å². The molecule has 566 valence electrons. The molecule has 0 radical (unpaired) electrons. The van der Waals surface area contributed by atoms with Crippen molar-refractivity contribution < 1.29 is 9.47 Å². The molecule has 0 spiro atoms. The van der Waals surface area contributed by atoms with Crippen LogP contribution >= 0.6 is 23.5 Å². The van der Waals surface area contributed by atoms with E-state index in [2.05, 4.69) is 273 Å². The highest BCUT2D eigenvalue weighted by Gasteiger charge is 2.20. The van der Waals surface area contributed by atoms with Gasteiger partial charge in [0.25, 0.3) is 0 Å². The fraction of sp³-hybridized carbons (Fsp3) is 0.724. The number of thioether (sulfide) groups is 2. The molecule has 0 aromatic heterocycles. The molecule has 0 heterocycles. The molecule has 0 aliphatic carbocycles. The van der Waals surface area contributed by atoms with Gasteiger partial charge in [-0.25, -0.2) is 0 Å². The van der Waals surface area contributed by atoms with Crippen LogP contribution in [0.1, 0.15) is 360 Å². The molecule has 4 aromatic carbocycles. The molecule has 0 bridgehead atoms. The van der Waals surface area contributed by atoms with Crippen molar-refractivity contribution >= 4 is 23.5 Å². The Bertz CT molecular complexity index is 1610. The van der Waals surface area contributed by atoms with E-state index in [1.165, 1.54) is 60.8 Å². The number of hydrogen-bond donors (Lipinski definition) is 2. The Labute approximate surface area is 604 Å². The molecule has 6 heteroatoms. The molecule has 0 fully saturated rings. The van der Waals surface area contributed by atoms with Crippen molar-refractivity contribution in [3.63, 3.8) is 0 Å². The second-order valence-electron chi connectivity index (χ2n) is 23.4. The molecule has 0 saturated heterocycles. The van der Waals surface area contributed by atoms with Crippen molar-refractivity contribution in [1.29, 1.82) is 0 Å². The fourth-order valence-electron chi connectivity index (χ4n) is 5.29. The van der Waals surface area contributed by atoms with E-state index in [0.717, 1.165) is 6.42 Å². The summed E-state index contributed by atoms with van der Waals surface area (Å²) in [6.07, 6.45) is 12.9. The van der Waals surface area contributed by atoms with Gasteiger partial charge in [0.1, 0.15) is 0 Å². The predicted molar refractivity (Wildman–Crippen MR) is 457 cm³/mol. The van der Waals surface area contributed by atoms with Gasteiger partial charge in [-0.15, -0.1) is 0 Å². The zero-order valence-corrected chi connectivity index (χ0v) is 70.8. The quantitative estimate of drug-likeness (QED) is 0.110. The number of ether oxygens (including phenoxy) is 2. The molecule has 0 atom stereocenters. The lowest BCUT2D eigenvalue weighted by Gasteiger charge is -2.24. The molecule has 0 amide bonds. The minimum atomic E-state index is -0.165. The van der Waals surface area contributed by atoms with Gasteiger partial charge in [0.05, 0.1) is 11.2 Å². The largest absolute Gasteiger partial charge is 0.379 e. The standard InChI is InChI=1S/C12H18.C10H15N.C10H14O.C10H14S.C7H16.C6H15N.C6H14O.C6H14S.8C2H6.4CH4/c1-4-10-12(2,3)11-8-6-5-7-9-11;3*1-10(2,11-3)9-7-5-4-6-8-9;1-5-7(3,4)6-2;3*1-5-6(2,3)7-4;8*1-2;;;;/h5-9H,4,10H2,1-3H3;4-8,11H,1-3H3;2*4-8H,1-3H3;5-6H2,1-4H3;7H,5H2,1-4H3;2*5H2,1-4H3;8*1-2H3;4*1H4. The topological polar surface area (TPSA) is 42.5 Å². The second kappa shape index (κ2) is 85.5. The van der Waals surface area contributed by atoms with E-state index in [4.69, 9.17) is 9.47 Å². The lowest BCUT2D eigenvalue weighted by Crippen LogP contribution is -2.34. The minimum absolute atomic E-state index is 0. The molecular weight excluding hydrogens is 1170 g/mol. The smallest absolute Gasteiger partial charge is 0.0871 e. The molecule has 0 unspecified atom stereocenters. The molecule has 2 N–H and O–H groups in total. The monoisotopic (exact) mass is 1350 g/mol. The van der Waals surface area contributed by atoms with E-state index in [1.807, 2.05) is 173 Å². The van der Waals surface area contributed by atoms with Gasteiger partial charge in [-0.2, -0.15) is 23.5 Å². The first-order valence-electron chi connectivity index (χ1n) is 35.5. The summed E-state index contributed by atoms with van der Waals surface area (Å²) in [6.45, 7) is 80.4. The highest BCUT2D eigenvalue weighted by Crippen LogP contribution is 2.33. The highest BCUT2D eigenvalue weighted by atomic mass is 32.2. The SMILES string of the molecule is C.C.C.C.CC.CC.CC.CC.CC.CC.CC.CC.CCC(C)(C)CC.CCC(C)(C)NC.CCC(C)(C)OC.CCC(C)(C)SC.CCCC(C)(C)c1ccccc1.CNC(C)(C)c1ccccc1.COC(C)(C)c1ccccc1.CSC(C)(C)c1ccccc1. The van der Waals surface area contributed by atoms with Crippen molar-refractivity contribution in [2.45, 2.75) is 375 Å². The molecule has 4 nitrogen and oxygen atoms in total. The third-order valence-corrected chi connectivity index (χ3v) is 17.4. The van der Waals surface area contributed by atoms with Crippen LogP contribution in [-0.2, 0) is 30.8 Å². The highest BCUT2D eigenvalue weighted by molar-refractivity contribution is 8.00. The molecular formula is C87H184N2O2S2. The van der Waals surface area contributed by atoms with Crippen LogP contribution in [0.3, 0.4) is 0 Å². The number of rotatable bonds is 17. The maximum Gasteiger partial charge on any atom is 0.0871 e. The Balaban J connectivity index is -0.0000000505. The maximum absolute atomic E-state index is 5.32. The molecule has 0 aliphatic heterocycles. The normalized spacial score (nSPS) is 9.72. The van der Waals surface area contributed by atoms with Gasteiger partial charge in [0, 0.05) is 34.8 Å². The van der Waals surface area contributed by atoms with E-state index in [0.29, 0.717) is 21.1 Å². The minimum Gasteiger partial charge on any atom is -0.379 e. The first kappa shape index (κ1) is 131. The summed E-state index contributed by atoms with van der Waals surface area (Å²) in [5, 5.41) is 6.45. The van der Waals surface area contributed by atoms with Crippen molar-refractivity contribution in [2.24, 2.45) is 5.41 Å². The Hall–Kier alpha value is -2.58. The van der Waals surface area contributed by atoms with E-state index >= 15 is 0 Å². The van der Waals surface area contributed by atoms with E-state index < -0.39 is 0 Å². The molecule has 93 heavy (non-hydrogen) atoms. The van der Waals surface area contributed by atoms with Crippen LogP contribution in [0.15, 0.2) is 121 Å². The summed E-state index contributed by atoms with van der Waals surface area (Å²) in [7, 11) is 7.44. The number of methoxy groups -OCH3 is 2. The van der Waals surface area contributed by atoms with Crippen LogP contribution in [0.25, 0.3) is 0 Å². The summed E-state index contributed by atoms with van der Waals surface area (Å²) >= 11 is 3.81. The second-order valence-corrected chi connectivity index (χ2v) is 26.3. The molecule has 0 aliphatic rings. The Morgan fingerprint density at radius 2 is 0.634 bits per heavy atom. The Morgan fingerprint density at radius 1 is 0.344 bits per heavy atom. The molecule has 4 aromatic rings. The summed E-state index contributed by atoms with van der Waals surface area (Å²) < 4.78 is 11.2. The summed E-state index contributed by atoms with van der Waals surface area (Å²) in [6, 6.07) is 42.0. The lowest BCUT2D eigenvalue weighted by atomic mass is 9.81. The molecule has 0 saturated carbocycles. The number of nitrogens with one attached hydrogen (secondary N) is 2. The number of benzene rings is 4. The maximum atomic E-state index is 5.32. The lowest BCUT2D eigenvalue weighted by molar-refractivity contribution is 0.0191.